The van der Waals surface area contributed by atoms with Gasteiger partial charge in [-0.05, 0) is 37.4 Å². The third-order valence-electron chi connectivity index (χ3n) is 5.28. The van der Waals surface area contributed by atoms with Crippen molar-refractivity contribution in [3.63, 3.8) is 0 Å². The van der Waals surface area contributed by atoms with Crippen molar-refractivity contribution in [1.29, 1.82) is 0 Å². The molecule has 0 aliphatic rings. The van der Waals surface area contributed by atoms with E-state index in [-0.39, 0.29) is 27.7 Å². The van der Waals surface area contributed by atoms with Crippen molar-refractivity contribution in [2.24, 2.45) is 4.99 Å². The second kappa shape index (κ2) is 7.09. The number of aromatic nitrogens is 2. The molecule has 0 bridgehead atoms. The van der Waals surface area contributed by atoms with E-state index in [4.69, 9.17) is 0 Å². The first kappa shape index (κ1) is 18.2. The fourth-order valence-corrected chi connectivity index (χ4v) is 3.77. The average molecular weight is 378 g/mol. The Kier molecular flexibility index (Phi) is 4.60. The van der Waals surface area contributed by atoms with Gasteiger partial charge in [0.05, 0.1) is 39.9 Å². The van der Waals surface area contributed by atoms with Gasteiger partial charge in [-0.2, -0.15) is 0 Å². The van der Waals surface area contributed by atoms with E-state index in [0.717, 1.165) is 25.2 Å². The van der Waals surface area contributed by atoms with E-state index in [1.54, 1.807) is 0 Å². The molecule has 0 saturated heterocycles. The molecule has 0 radical (unpaired) electrons. The summed E-state index contributed by atoms with van der Waals surface area (Å²) in [6.07, 6.45) is 1.51. The standard InChI is InChI=1S/C21H22N4O3/c1-3-25(4-2)10-9-22-13-6-5-12-16-17(13)21(28)19-15(27)8-7-14(26)18(19)20(16)24-11-23-12/h5-8,11,27-28H,3-4,9-10H2,1-2H3,(H,23,24). The van der Waals surface area contributed by atoms with Gasteiger partial charge in [0.1, 0.15) is 11.5 Å². The number of likely N-dealkylation sites (N-methyl/N-ethyl adjacent to an activating group) is 1. The van der Waals surface area contributed by atoms with Crippen LogP contribution in [0.15, 0.2) is 40.4 Å². The van der Waals surface area contributed by atoms with Gasteiger partial charge in [-0.15, -0.1) is 0 Å². The molecule has 4 aromatic rings. The summed E-state index contributed by atoms with van der Waals surface area (Å²) >= 11 is 0. The molecule has 0 unspecified atom stereocenters. The van der Waals surface area contributed by atoms with E-state index in [0.29, 0.717) is 28.2 Å². The minimum absolute atomic E-state index is 0.117. The molecule has 0 amide bonds. The predicted octanol–water partition coefficient (Wildman–Crippen LogP) is 2.32. The summed E-state index contributed by atoms with van der Waals surface area (Å²) in [6.45, 7) is 7.50. The van der Waals surface area contributed by atoms with Crippen molar-refractivity contribution in [2.75, 3.05) is 26.2 Å². The van der Waals surface area contributed by atoms with Crippen molar-refractivity contribution in [3.8, 4) is 11.5 Å². The number of aromatic hydroxyl groups is 2. The zero-order valence-corrected chi connectivity index (χ0v) is 15.9. The summed E-state index contributed by atoms with van der Waals surface area (Å²) in [6, 6.07) is 6.29. The Morgan fingerprint density at radius 2 is 1.82 bits per heavy atom. The quantitative estimate of drug-likeness (QED) is 0.365. The average Bonchev–Trinajstić information content (AvgIpc) is 2.71. The molecule has 1 aromatic heterocycles. The van der Waals surface area contributed by atoms with Crippen molar-refractivity contribution >= 4 is 32.6 Å². The Morgan fingerprint density at radius 3 is 2.57 bits per heavy atom. The van der Waals surface area contributed by atoms with Gasteiger partial charge in [0.15, 0.2) is 5.43 Å². The van der Waals surface area contributed by atoms with E-state index < -0.39 is 0 Å². The molecule has 0 atom stereocenters. The number of benzene rings is 3. The van der Waals surface area contributed by atoms with Crippen molar-refractivity contribution < 1.29 is 10.2 Å². The minimum atomic E-state index is -0.297. The lowest BCUT2D eigenvalue weighted by atomic mass is 9.98. The highest BCUT2D eigenvalue weighted by atomic mass is 16.3. The lowest BCUT2D eigenvalue weighted by Gasteiger charge is -2.16. The number of hydrogen-bond acceptors (Lipinski definition) is 6. The van der Waals surface area contributed by atoms with E-state index in [1.807, 2.05) is 12.1 Å². The van der Waals surface area contributed by atoms with Crippen LogP contribution in [0.5, 0.6) is 11.5 Å². The Morgan fingerprint density at radius 1 is 1.04 bits per heavy atom. The zero-order valence-electron chi connectivity index (χ0n) is 15.9. The van der Waals surface area contributed by atoms with Gasteiger partial charge in [-0.1, -0.05) is 13.8 Å². The maximum absolute atomic E-state index is 12.5. The predicted molar refractivity (Wildman–Crippen MR) is 110 cm³/mol. The largest absolute Gasteiger partial charge is 0.507 e. The van der Waals surface area contributed by atoms with E-state index in [1.165, 1.54) is 18.5 Å². The second-order valence-corrected chi connectivity index (χ2v) is 6.72. The van der Waals surface area contributed by atoms with Gasteiger partial charge >= 0.3 is 0 Å². The molecule has 4 rings (SSSR count). The molecule has 3 aromatic carbocycles. The first-order valence-corrected chi connectivity index (χ1v) is 9.40. The molecule has 0 aliphatic carbocycles. The molecule has 3 N–H and O–H groups in total. The molecule has 0 aliphatic heterocycles. The van der Waals surface area contributed by atoms with Crippen molar-refractivity contribution in [3.05, 3.63) is 46.2 Å². The fourth-order valence-electron chi connectivity index (χ4n) is 3.77. The molecule has 28 heavy (non-hydrogen) atoms. The topological polar surface area (TPSA) is 102 Å². The van der Waals surface area contributed by atoms with Gasteiger partial charge in [0.25, 0.3) is 0 Å². The first-order valence-electron chi connectivity index (χ1n) is 9.40. The highest BCUT2D eigenvalue weighted by molar-refractivity contribution is 6.23. The molecule has 0 spiro atoms. The van der Waals surface area contributed by atoms with E-state index in [2.05, 4.69) is 33.7 Å². The highest BCUT2D eigenvalue weighted by Crippen LogP contribution is 2.39. The van der Waals surface area contributed by atoms with Crippen molar-refractivity contribution in [2.45, 2.75) is 13.8 Å². The first-order chi connectivity index (χ1) is 13.6. The summed E-state index contributed by atoms with van der Waals surface area (Å²) in [5.74, 6) is -0.301. The van der Waals surface area contributed by atoms with Crippen LogP contribution in [0.2, 0.25) is 0 Å². The summed E-state index contributed by atoms with van der Waals surface area (Å²) in [7, 11) is 0. The number of phenols is 2. The van der Waals surface area contributed by atoms with Crippen LogP contribution in [0.25, 0.3) is 32.6 Å². The van der Waals surface area contributed by atoms with Gasteiger partial charge in [0.2, 0.25) is 0 Å². The van der Waals surface area contributed by atoms with Crippen molar-refractivity contribution in [1.82, 2.24) is 14.9 Å². The molecule has 0 saturated carbocycles. The summed E-state index contributed by atoms with van der Waals surface area (Å²) < 4.78 is 0. The lowest BCUT2D eigenvalue weighted by molar-refractivity contribution is 0.312. The molecular weight excluding hydrogens is 356 g/mol. The Balaban J connectivity index is 2.08. The van der Waals surface area contributed by atoms with Gasteiger partial charge < -0.3 is 20.1 Å². The summed E-state index contributed by atoms with van der Waals surface area (Å²) in [5.41, 5.74) is 0.884. The molecule has 0 fully saturated rings. The third-order valence-corrected chi connectivity index (χ3v) is 5.28. The monoisotopic (exact) mass is 378 g/mol. The molecule has 7 nitrogen and oxygen atoms in total. The molecular formula is C21H22N4O3. The SMILES string of the molecule is CCN(CC)CCN=c1ccc2[nH]cnc3c4c(=O)ccc(O)c4c(O)c1c23. The maximum atomic E-state index is 12.5. The number of H-pyrrole nitrogens is 1. The summed E-state index contributed by atoms with van der Waals surface area (Å²) in [5, 5.41) is 23.4. The zero-order chi connectivity index (χ0) is 19.8. The van der Waals surface area contributed by atoms with Crippen LogP contribution < -0.4 is 10.8 Å². The van der Waals surface area contributed by atoms with Crippen LogP contribution in [0.4, 0.5) is 0 Å². The number of hydrogen-bond donors (Lipinski definition) is 3. The second-order valence-electron chi connectivity index (χ2n) is 6.72. The van der Waals surface area contributed by atoms with Crippen LogP contribution >= 0.6 is 0 Å². The van der Waals surface area contributed by atoms with E-state index >= 15 is 0 Å². The smallest absolute Gasteiger partial charge is 0.189 e. The number of aromatic amines is 1. The third kappa shape index (κ3) is 2.75. The van der Waals surface area contributed by atoms with Crippen LogP contribution in [-0.4, -0.2) is 51.3 Å². The Labute approximate surface area is 161 Å². The lowest BCUT2D eigenvalue weighted by Crippen LogP contribution is -2.26. The normalized spacial score (nSPS) is 12.8. The van der Waals surface area contributed by atoms with Gasteiger partial charge in [-0.3, -0.25) is 9.79 Å². The molecule has 144 valence electrons. The van der Waals surface area contributed by atoms with Crippen LogP contribution in [-0.2, 0) is 0 Å². The number of rotatable bonds is 5. The Hall–Kier alpha value is -3.19. The van der Waals surface area contributed by atoms with E-state index in [9.17, 15) is 15.0 Å². The highest BCUT2D eigenvalue weighted by Gasteiger charge is 2.19. The minimum Gasteiger partial charge on any atom is -0.507 e. The summed E-state index contributed by atoms with van der Waals surface area (Å²) in [4.78, 5) is 26.9. The fraction of sp³-hybridized carbons (Fsp3) is 0.286. The maximum Gasteiger partial charge on any atom is 0.189 e. The van der Waals surface area contributed by atoms with Crippen LogP contribution in [0.1, 0.15) is 13.8 Å². The number of phenolic OH excluding ortho intramolecular Hbond substituents is 2. The number of fused-ring (bicyclic) bond motifs is 2. The van der Waals surface area contributed by atoms with Gasteiger partial charge in [-0.25, -0.2) is 4.98 Å². The molecule has 7 heteroatoms. The van der Waals surface area contributed by atoms with Crippen LogP contribution in [0.3, 0.4) is 0 Å². The number of nitrogens with one attached hydrogen (secondary N) is 1. The van der Waals surface area contributed by atoms with Gasteiger partial charge in [0, 0.05) is 17.4 Å². The number of nitrogens with zero attached hydrogens (tertiary/aromatic N) is 3. The van der Waals surface area contributed by atoms with Crippen LogP contribution in [0, 0.1) is 0 Å². The Bertz CT molecular complexity index is 1290. The molecule has 1 heterocycles.